The fourth-order valence-electron chi connectivity index (χ4n) is 4.50. The van der Waals surface area contributed by atoms with Crippen molar-refractivity contribution in [1.82, 2.24) is 14.3 Å². The van der Waals surface area contributed by atoms with Crippen molar-refractivity contribution in [2.75, 3.05) is 49.6 Å². The van der Waals surface area contributed by atoms with E-state index < -0.39 is 0 Å². The van der Waals surface area contributed by atoms with Crippen LogP contribution in [-0.4, -0.2) is 53.7 Å². The lowest BCUT2D eigenvalue weighted by atomic mass is 10.00. The Kier molecular flexibility index (Phi) is 5.28. The van der Waals surface area contributed by atoms with E-state index in [-0.39, 0.29) is 5.82 Å². The van der Waals surface area contributed by atoms with Crippen molar-refractivity contribution in [1.29, 1.82) is 0 Å². The largest absolute Gasteiger partial charge is 0.378 e. The van der Waals surface area contributed by atoms with Gasteiger partial charge in [-0.15, -0.1) is 0 Å². The number of morpholine rings is 1. The van der Waals surface area contributed by atoms with Crippen molar-refractivity contribution in [2.45, 2.75) is 19.8 Å². The Balaban J connectivity index is 1.54. The molecule has 2 aliphatic heterocycles. The minimum atomic E-state index is -0.265. The van der Waals surface area contributed by atoms with E-state index in [2.05, 4.69) is 38.9 Å². The first-order chi connectivity index (χ1) is 15.1. The summed E-state index contributed by atoms with van der Waals surface area (Å²) in [5.41, 5.74) is 5.36. The van der Waals surface area contributed by atoms with Gasteiger partial charge in [-0.25, -0.2) is 9.37 Å². The molecule has 162 valence electrons. The zero-order chi connectivity index (χ0) is 21.4. The lowest BCUT2D eigenvalue weighted by Gasteiger charge is -2.29. The molecule has 3 aromatic rings. The Morgan fingerprint density at radius 1 is 1.13 bits per heavy atom. The van der Waals surface area contributed by atoms with E-state index in [0.29, 0.717) is 18.9 Å². The number of nitrogens with zero attached hydrogens (tertiary/aromatic N) is 4. The molecule has 7 heteroatoms. The molecular formula is C24H28FN5O. The van der Waals surface area contributed by atoms with Crippen LogP contribution in [0.2, 0.25) is 0 Å². The van der Waals surface area contributed by atoms with Crippen LogP contribution in [0.5, 0.6) is 0 Å². The van der Waals surface area contributed by atoms with Gasteiger partial charge in [0.05, 0.1) is 30.4 Å². The number of likely N-dealkylation sites (tertiary alicyclic amines) is 1. The number of imidazole rings is 1. The second-order valence-corrected chi connectivity index (χ2v) is 8.28. The van der Waals surface area contributed by atoms with E-state index in [4.69, 9.17) is 4.74 Å². The van der Waals surface area contributed by atoms with Crippen LogP contribution in [0.3, 0.4) is 0 Å². The van der Waals surface area contributed by atoms with E-state index in [9.17, 15) is 4.39 Å². The first-order valence-corrected chi connectivity index (χ1v) is 10.9. The Morgan fingerprint density at radius 3 is 2.68 bits per heavy atom. The quantitative estimate of drug-likeness (QED) is 0.667. The Morgan fingerprint density at radius 2 is 1.90 bits per heavy atom. The Bertz CT molecular complexity index is 1110. The Hall–Kier alpha value is -3.06. The topological polar surface area (TPSA) is 45.0 Å². The van der Waals surface area contributed by atoms with Crippen molar-refractivity contribution in [3.8, 4) is 11.1 Å². The smallest absolute Gasteiger partial charge is 0.160 e. The molecule has 5 rings (SSSR count). The first-order valence-electron chi connectivity index (χ1n) is 10.9. The zero-order valence-corrected chi connectivity index (χ0v) is 17.9. The summed E-state index contributed by atoms with van der Waals surface area (Å²) in [6, 6.07) is 5.65. The van der Waals surface area contributed by atoms with Crippen molar-refractivity contribution >= 4 is 17.0 Å². The number of aromatic nitrogens is 2. The molecular weight excluding hydrogens is 393 g/mol. The van der Waals surface area contributed by atoms with E-state index in [1.165, 1.54) is 0 Å². The van der Waals surface area contributed by atoms with E-state index in [1.807, 2.05) is 29.8 Å². The highest BCUT2D eigenvalue weighted by Crippen LogP contribution is 2.34. The molecule has 0 spiro atoms. The molecule has 1 N–H and O–H groups in total. The van der Waals surface area contributed by atoms with Crippen LogP contribution in [0.15, 0.2) is 49.2 Å². The maximum Gasteiger partial charge on any atom is 0.160 e. The predicted octanol–water partition coefficient (Wildman–Crippen LogP) is 4.26. The standard InChI is InChI=1S/C24H28FN5O/c1-17-13-21(25)22(27-18(2)28-6-3-4-7-28)15-20(17)19-14-23(29-9-11-31-12-10-29)24-26-5-8-30(24)16-19/h5,8,13-16,27H,2-4,6-7,9-12H2,1H3. The lowest BCUT2D eigenvalue weighted by Crippen LogP contribution is -2.36. The molecule has 2 fully saturated rings. The third-order valence-corrected chi connectivity index (χ3v) is 6.21. The molecule has 0 amide bonds. The number of pyridine rings is 1. The van der Waals surface area contributed by atoms with Crippen molar-refractivity contribution < 1.29 is 9.13 Å². The van der Waals surface area contributed by atoms with Gasteiger partial charge in [0, 0.05) is 50.3 Å². The highest BCUT2D eigenvalue weighted by Gasteiger charge is 2.19. The summed E-state index contributed by atoms with van der Waals surface area (Å²) in [6.45, 7) is 11.1. The number of fused-ring (bicyclic) bond motifs is 1. The van der Waals surface area contributed by atoms with Gasteiger partial charge in [0.15, 0.2) is 5.65 Å². The molecule has 0 radical (unpaired) electrons. The van der Waals surface area contributed by atoms with Gasteiger partial charge in [-0.3, -0.25) is 0 Å². The SMILES string of the molecule is C=C(Nc1cc(-c2cc(N3CCOCC3)c3nccn3c2)c(C)cc1F)N1CCCC1. The van der Waals surface area contributed by atoms with Gasteiger partial charge in [-0.05, 0) is 49.1 Å². The molecule has 2 aromatic heterocycles. The van der Waals surface area contributed by atoms with Crippen molar-refractivity contribution in [3.05, 3.63) is 60.6 Å². The summed E-state index contributed by atoms with van der Waals surface area (Å²) >= 11 is 0. The summed E-state index contributed by atoms with van der Waals surface area (Å²) in [6.07, 6.45) is 8.13. The van der Waals surface area contributed by atoms with Gasteiger partial charge >= 0.3 is 0 Å². The average Bonchev–Trinajstić information content (AvgIpc) is 3.47. The third kappa shape index (κ3) is 3.85. The highest BCUT2D eigenvalue weighted by atomic mass is 19.1. The van der Waals surface area contributed by atoms with E-state index in [0.717, 1.165) is 72.9 Å². The maximum absolute atomic E-state index is 14.8. The summed E-state index contributed by atoms with van der Waals surface area (Å²) in [7, 11) is 0. The highest BCUT2D eigenvalue weighted by molar-refractivity contribution is 5.80. The molecule has 0 unspecified atom stereocenters. The minimum absolute atomic E-state index is 0.265. The number of nitrogens with one attached hydrogen (secondary N) is 1. The van der Waals surface area contributed by atoms with Crippen molar-refractivity contribution in [2.24, 2.45) is 0 Å². The third-order valence-electron chi connectivity index (χ3n) is 6.21. The van der Waals surface area contributed by atoms with Gasteiger partial charge in [-0.2, -0.15) is 0 Å². The predicted molar refractivity (Wildman–Crippen MR) is 122 cm³/mol. The molecule has 0 atom stereocenters. The normalized spacial score (nSPS) is 16.8. The molecule has 0 saturated carbocycles. The molecule has 6 nitrogen and oxygen atoms in total. The van der Waals surface area contributed by atoms with Gasteiger partial charge in [0.1, 0.15) is 5.82 Å². The Labute approximate surface area is 181 Å². The number of halogens is 1. The van der Waals surface area contributed by atoms with Crippen LogP contribution >= 0.6 is 0 Å². The molecule has 0 bridgehead atoms. The first kappa shape index (κ1) is 19.9. The van der Waals surface area contributed by atoms with Gasteiger partial charge in [0.25, 0.3) is 0 Å². The van der Waals surface area contributed by atoms with Crippen LogP contribution in [-0.2, 0) is 4.74 Å². The number of ether oxygens (including phenoxy) is 1. The molecule has 31 heavy (non-hydrogen) atoms. The van der Waals surface area contributed by atoms with E-state index in [1.54, 1.807) is 6.07 Å². The number of aryl methyl sites for hydroxylation is 1. The summed E-state index contributed by atoms with van der Waals surface area (Å²) < 4.78 is 22.4. The second-order valence-electron chi connectivity index (χ2n) is 8.28. The maximum atomic E-state index is 14.8. The minimum Gasteiger partial charge on any atom is -0.378 e. The zero-order valence-electron chi connectivity index (χ0n) is 17.9. The number of benzene rings is 1. The van der Waals surface area contributed by atoms with E-state index >= 15 is 0 Å². The molecule has 2 saturated heterocycles. The van der Waals surface area contributed by atoms with Crippen molar-refractivity contribution in [3.63, 3.8) is 0 Å². The number of hydrogen-bond acceptors (Lipinski definition) is 5. The van der Waals surface area contributed by atoms with Crippen LogP contribution in [0.1, 0.15) is 18.4 Å². The molecule has 1 aromatic carbocycles. The molecule has 0 aliphatic carbocycles. The van der Waals surface area contributed by atoms with Crippen LogP contribution < -0.4 is 10.2 Å². The van der Waals surface area contributed by atoms with Crippen LogP contribution in [0.4, 0.5) is 15.8 Å². The van der Waals surface area contributed by atoms with Gasteiger partial charge in [-0.1, -0.05) is 6.58 Å². The summed E-state index contributed by atoms with van der Waals surface area (Å²) in [4.78, 5) is 9.04. The summed E-state index contributed by atoms with van der Waals surface area (Å²) in [5.74, 6) is 0.490. The second kappa shape index (κ2) is 8.23. The van der Waals surface area contributed by atoms with Gasteiger partial charge < -0.3 is 24.3 Å². The average molecular weight is 422 g/mol. The number of hydrogen-bond donors (Lipinski definition) is 1. The fraction of sp³-hybridized carbons (Fsp3) is 0.375. The van der Waals surface area contributed by atoms with Gasteiger partial charge in [0.2, 0.25) is 0 Å². The fourth-order valence-corrected chi connectivity index (χ4v) is 4.50. The molecule has 4 heterocycles. The number of rotatable bonds is 5. The lowest BCUT2D eigenvalue weighted by molar-refractivity contribution is 0.123. The number of anilines is 2. The molecule has 2 aliphatic rings. The van der Waals surface area contributed by atoms with Crippen LogP contribution in [0, 0.1) is 12.7 Å². The summed E-state index contributed by atoms with van der Waals surface area (Å²) in [5, 5.41) is 3.21. The monoisotopic (exact) mass is 421 g/mol. The van der Waals surface area contributed by atoms with Crippen LogP contribution in [0.25, 0.3) is 16.8 Å².